The van der Waals surface area contributed by atoms with Crippen molar-refractivity contribution in [3.05, 3.63) is 69.7 Å². The number of hydrogen-bond acceptors (Lipinski definition) is 1. The summed E-state index contributed by atoms with van der Waals surface area (Å²) in [6.07, 6.45) is 0. The fraction of sp³-hybridized carbons (Fsp3) is 0.0714. The second kappa shape index (κ2) is 6.26. The summed E-state index contributed by atoms with van der Waals surface area (Å²) in [7, 11) is 0. The number of nitrogens with zero attached hydrogens (tertiary/aromatic N) is 1. The van der Waals surface area contributed by atoms with E-state index in [2.05, 4.69) is 20.9 Å². The molecule has 2 rings (SSSR count). The highest BCUT2D eigenvalue weighted by Gasteiger charge is 2.12. The van der Waals surface area contributed by atoms with Gasteiger partial charge in [0.15, 0.2) is 0 Å². The third-order valence-corrected chi connectivity index (χ3v) is 3.32. The zero-order valence-electron chi connectivity index (χ0n) is 9.71. The van der Waals surface area contributed by atoms with E-state index in [4.69, 9.17) is 11.6 Å². The summed E-state index contributed by atoms with van der Waals surface area (Å²) in [5.74, 6) is -1.44. The van der Waals surface area contributed by atoms with Crippen LogP contribution in [0.2, 0.25) is 0 Å². The maximum absolute atomic E-state index is 13.5. The van der Waals surface area contributed by atoms with Crippen molar-refractivity contribution >= 4 is 32.7 Å². The first-order chi connectivity index (χ1) is 9.08. The Morgan fingerprint density at radius 3 is 2.21 bits per heavy atom. The summed E-state index contributed by atoms with van der Waals surface area (Å²) in [6, 6.07) is 11.0. The monoisotopic (exact) mass is 343 g/mol. The van der Waals surface area contributed by atoms with Gasteiger partial charge < -0.3 is 0 Å². The van der Waals surface area contributed by atoms with Gasteiger partial charge in [0, 0.05) is 4.47 Å². The lowest BCUT2D eigenvalue weighted by molar-refractivity contribution is 0.579. The van der Waals surface area contributed by atoms with E-state index >= 15 is 0 Å². The van der Waals surface area contributed by atoms with Crippen LogP contribution in [0.4, 0.5) is 8.78 Å². The number of hydrogen-bond donors (Lipinski definition) is 0. The third kappa shape index (κ3) is 3.61. The minimum atomic E-state index is -0.718. The first-order valence-electron chi connectivity index (χ1n) is 5.46. The molecule has 0 saturated carbocycles. The molecule has 0 bridgehead atoms. The van der Waals surface area contributed by atoms with Crippen LogP contribution in [0.5, 0.6) is 0 Å². The van der Waals surface area contributed by atoms with E-state index in [0.29, 0.717) is 0 Å². The van der Waals surface area contributed by atoms with Gasteiger partial charge in [-0.2, -0.15) is 0 Å². The lowest BCUT2D eigenvalue weighted by atomic mass is 10.2. The summed E-state index contributed by atoms with van der Waals surface area (Å²) in [5.41, 5.74) is 0.611. The standard InChI is InChI=1S/C14H9BrClF2N/c15-10-6-4-9(5-7-10)8-19-14(16)13-11(17)2-1-3-12(13)18/h1-7H,8H2/b19-14-. The Balaban J connectivity index is 2.22. The van der Waals surface area contributed by atoms with Crippen LogP contribution in [0.3, 0.4) is 0 Å². The SMILES string of the molecule is Fc1cccc(F)c1/C(Cl)=N/Cc1ccc(Br)cc1. The summed E-state index contributed by atoms with van der Waals surface area (Å²) in [5, 5.41) is -0.168. The van der Waals surface area contributed by atoms with Crippen molar-refractivity contribution in [1.82, 2.24) is 0 Å². The molecule has 0 saturated heterocycles. The molecule has 0 amide bonds. The highest BCUT2D eigenvalue weighted by molar-refractivity contribution is 9.10. The van der Waals surface area contributed by atoms with Crippen molar-refractivity contribution in [2.75, 3.05) is 0 Å². The highest BCUT2D eigenvalue weighted by Crippen LogP contribution is 2.17. The van der Waals surface area contributed by atoms with Crippen molar-refractivity contribution < 1.29 is 8.78 Å². The minimum absolute atomic E-state index is 0.168. The van der Waals surface area contributed by atoms with Gasteiger partial charge in [-0.1, -0.05) is 45.7 Å². The van der Waals surface area contributed by atoms with Gasteiger partial charge in [-0.3, -0.25) is 4.99 Å². The maximum Gasteiger partial charge on any atom is 0.137 e. The summed E-state index contributed by atoms with van der Waals surface area (Å²) >= 11 is 9.18. The number of aliphatic imine (C=N–C) groups is 1. The predicted octanol–water partition coefficient (Wildman–Crippen LogP) is 4.91. The highest BCUT2D eigenvalue weighted by atomic mass is 79.9. The average molecular weight is 345 g/mol. The average Bonchev–Trinajstić information content (AvgIpc) is 2.38. The third-order valence-electron chi connectivity index (χ3n) is 2.48. The number of halogens is 4. The summed E-state index contributed by atoms with van der Waals surface area (Å²) in [6.45, 7) is 0.264. The molecule has 0 aliphatic rings. The van der Waals surface area contributed by atoms with E-state index in [1.807, 2.05) is 24.3 Å². The number of rotatable bonds is 3. The molecule has 0 aliphatic heterocycles. The van der Waals surface area contributed by atoms with E-state index in [-0.39, 0.29) is 17.3 Å². The maximum atomic E-state index is 13.5. The second-order valence-electron chi connectivity index (χ2n) is 3.83. The van der Waals surface area contributed by atoms with E-state index in [1.54, 1.807) is 0 Å². The van der Waals surface area contributed by atoms with Gasteiger partial charge in [0.2, 0.25) is 0 Å². The lowest BCUT2D eigenvalue weighted by Gasteiger charge is -2.03. The van der Waals surface area contributed by atoms with Gasteiger partial charge in [0.25, 0.3) is 0 Å². The van der Waals surface area contributed by atoms with Gasteiger partial charge in [0.05, 0.1) is 12.1 Å². The largest absolute Gasteiger partial charge is 0.268 e. The first kappa shape index (κ1) is 14.2. The topological polar surface area (TPSA) is 12.4 Å². The van der Waals surface area contributed by atoms with Gasteiger partial charge in [-0.15, -0.1) is 0 Å². The quantitative estimate of drug-likeness (QED) is 0.701. The van der Waals surface area contributed by atoms with E-state index in [1.165, 1.54) is 6.07 Å². The lowest BCUT2D eigenvalue weighted by Crippen LogP contribution is -2.01. The molecular weight excluding hydrogens is 336 g/mol. The van der Waals surface area contributed by atoms with Crippen molar-refractivity contribution in [3.63, 3.8) is 0 Å². The van der Waals surface area contributed by atoms with Crippen LogP contribution < -0.4 is 0 Å². The van der Waals surface area contributed by atoms with Crippen LogP contribution in [0, 0.1) is 11.6 Å². The second-order valence-corrected chi connectivity index (χ2v) is 5.10. The Bertz CT molecular complexity index is 591. The normalized spacial score (nSPS) is 11.7. The van der Waals surface area contributed by atoms with Crippen LogP contribution in [-0.4, -0.2) is 5.17 Å². The zero-order chi connectivity index (χ0) is 13.8. The fourth-order valence-electron chi connectivity index (χ4n) is 1.52. The number of benzene rings is 2. The predicted molar refractivity (Wildman–Crippen MR) is 76.6 cm³/mol. The molecule has 0 spiro atoms. The molecule has 0 N–H and O–H groups in total. The van der Waals surface area contributed by atoms with Crippen LogP contribution in [0.25, 0.3) is 0 Å². The molecule has 2 aromatic rings. The molecule has 0 atom stereocenters. The van der Waals surface area contributed by atoms with Crippen LogP contribution in [0.1, 0.15) is 11.1 Å². The van der Waals surface area contributed by atoms with Gasteiger partial charge in [-0.05, 0) is 29.8 Å². The Morgan fingerprint density at radius 2 is 1.63 bits per heavy atom. The molecule has 0 aliphatic carbocycles. The Morgan fingerprint density at radius 1 is 1.05 bits per heavy atom. The molecule has 0 heterocycles. The molecule has 19 heavy (non-hydrogen) atoms. The van der Waals surface area contributed by atoms with Gasteiger partial charge in [0.1, 0.15) is 16.8 Å². The van der Waals surface area contributed by atoms with E-state index in [9.17, 15) is 8.78 Å². The summed E-state index contributed by atoms with van der Waals surface area (Å²) in [4.78, 5) is 4.00. The molecule has 1 nitrogen and oxygen atoms in total. The van der Waals surface area contributed by atoms with Crippen molar-refractivity contribution in [1.29, 1.82) is 0 Å². The molecule has 98 valence electrons. The summed E-state index contributed by atoms with van der Waals surface area (Å²) < 4.78 is 27.9. The van der Waals surface area contributed by atoms with Crippen molar-refractivity contribution in [2.45, 2.75) is 6.54 Å². The van der Waals surface area contributed by atoms with Crippen LogP contribution in [0.15, 0.2) is 51.9 Å². The van der Waals surface area contributed by atoms with Crippen molar-refractivity contribution in [2.24, 2.45) is 4.99 Å². The van der Waals surface area contributed by atoms with Gasteiger partial charge in [-0.25, -0.2) is 8.78 Å². The Hall–Kier alpha value is -1.26. The molecule has 0 aromatic heterocycles. The fourth-order valence-corrected chi connectivity index (χ4v) is 2.03. The molecular formula is C14H9BrClF2N. The smallest absolute Gasteiger partial charge is 0.137 e. The van der Waals surface area contributed by atoms with E-state index in [0.717, 1.165) is 22.2 Å². The van der Waals surface area contributed by atoms with Crippen molar-refractivity contribution in [3.8, 4) is 0 Å². The van der Waals surface area contributed by atoms with Crippen LogP contribution in [-0.2, 0) is 6.54 Å². The van der Waals surface area contributed by atoms with Crippen LogP contribution >= 0.6 is 27.5 Å². The van der Waals surface area contributed by atoms with Gasteiger partial charge >= 0.3 is 0 Å². The molecule has 0 radical (unpaired) electrons. The molecule has 0 unspecified atom stereocenters. The van der Waals surface area contributed by atoms with E-state index < -0.39 is 11.6 Å². The Kier molecular flexibility index (Phi) is 4.66. The molecule has 2 aromatic carbocycles. The molecule has 0 fully saturated rings. The molecule has 5 heteroatoms. The first-order valence-corrected chi connectivity index (χ1v) is 6.64. The zero-order valence-corrected chi connectivity index (χ0v) is 12.0. The minimum Gasteiger partial charge on any atom is -0.268 e. The Labute approximate surface area is 123 Å².